The molecule has 108 valence electrons. The Hall–Kier alpha value is -0.940. The molecular weight excluding hydrogens is 279 g/mol. The van der Waals surface area contributed by atoms with Gasteiger partial charge in [-0.15, -0.1) is 25.6 Å². The summed E-state index contributed by atoms with van der Waals surface area (Å²) in [6.07, 6.45) is -3.61. The molecule has 2 atom stereocenters. The Morgan fingerprint density at radius 3 is 2.37 bits per heavy atom. The van der Waals surface area contributed by atoms with Crippen molar-refractivity contribution in [3.63, 3.8) is 0 Å². The Kier molecular flexibility index (Phi) is 5.50. The molecule has 2 nitrogen and oxygen atoms in total. The van der Waals surface area contributed by atoms with E-state index in [4.69, 9.17) is 0 Å². The number of nitrogens with one attached hydrogen (secondary N) is 1. The Labute approximate surface area is 116 Å². The largest absolute Gasteiger partial charge is 0.573 e. The molecule has 1 heterocycles. The molecule has 1 aliphatic rings. The van der Waals surface area contributed by atoms with Crippen LogP contribution in [-0.4, -0.2) is 19.5 Å². The minimum Gasteiger partial charge on any atom is -0.406 e. The van der Waals surface area contributed by atoms with Crippen LogP contribution in [0.15, 0.2) is 24.3 Å². The zero-order valence-corrected chi connectivity index (χ0v) is 11.4. The van der Waals surface area contributed by atoms with Crippen LogP contribution in [0.5, 0.6) is 5.75 Å². The van der Waals surface area contributed by atoms with Crippen LogP contribution in [-0.2, 0) is 0 Å². The molecular formula is C13H17ClF3NO. The molecule has 1 aliphatic heterocycles. The van der Waals surface area contributed by atoms with Gasteiger partial charge in [-0.2, -0.15) is 0 Å². The lowest BCUT2D eigenvalue weighted by atomic mass is 9.82. The first-order valence-corrected chi connectivity index (χ1v) is 6.02. The Bertz CT molecular complexity index is 394. The number of piperidine rings is 1. The van der Waals surface area contributed by atoms with Gasteiger partial charge >= 0.3 is 6.36 Å². The predicted octanol–water partition coefficient (Wildman–Crippen LogP) is 3.72. The van der Waals surface area contributed by atoms with Crippen molar-refractivity contribution in [2.24, 2.45) is 5.92 Å². The number of benzene rings is 1. The predicted molar refractivity (Wildman–Crippen MR) is 69.8 cm³/mol. The second-order valence-corrected chi connectivity index (χ2v) is 4.69. The molecule has 6 heteroatoms. The van der Waals surface area contributed by atoms with Gasteiger partial charge in [0.2, 0.25) is 0 Å². The number of ether oxygens (including phenoxy) is 1. The molecule has 1 fully saturated rings. The topological polar surface area (TPSA) is 21.3 Å². The van der Waals surface area contributed by atoms with Crippen LogP contribution < -0.4 is 10.1 Å². The first-order chi connectivity index (χ1) is 8.46. The third-order valence-corrected chi connectivity index (χ3v) is 3.33. The highest BCUT2D eigenvalue weighted by molar-refractivity contribution is 5.85. The fourth-order valence-electron chi connectivity index (χ4n) is 2.43. The number of rotatable bonds is 2. The number of hydrogen-bond acceptors (Lipinski definition) is 2. The van der Waals surface area contributed by atoms with E-state index in [-0.39, 0.29) is 18.2 Å². The van der Waals surface area contributed by atoms with Crippen molar-refractivity contribution in [1.82, 2.24) is 5.32 Å². The minimum atomic E-state index is -4.62. The highest BCUT2D eigenvalue weighted by atomic mass is 35.5. The lowest BCUT2D eigenvalue weighted by Gasteiger charge is -2.30. The van der Waals surface area contributed by atoms with Crippen LogP contribution in [0.4, 0.5) is 13.2 Å². The summed E-state index contributed by atoms with van der Waals surface area (Å²) in [5, 5.41) is 3.30. The molecule has 0 spiro atoms. The van der Waals surface area contributed by atoms with Crippen LogP contribution in [0, 0.1) is 5.92 Å². The monoisotopic (exact) mass is 295 g/mol. The summed E-state index contributed by atoms with van der Waals surface area (Å²) in [7, 11) is 0. The lowest BCUT2D eigenvalue weighted by Crippen LogP contribution is -2.33. The molecule has 0 bridgehead atoms. The van der Waals surface area contributed by atoms with E-state index in [1.165, 1.54) is 12.1 Å². The lowest BCUT2D eigenvalue weighted by molar-refractivity contribution is -0.274. The molecule has 1 saturated heterocycles. The van der Waals surface area contributed by atoms with Crippen LogP contribution >= 0.6 is 12.4 Å². The van der Waals surface area contributed by atoms with Crippen LogP contribution in [0.25, 0.3) is 0 Å². The summed E-state index contributed by atoms with van der Waals surface area (Å²) in [4.78, 5) is 0. The minimum absolute atomic E-state index is 0. The Balaban J connectivity index is 0.00000180. The summed E-state index contributed by atoms with van der Waals surface area (Å²) in [5.41, 5.74) is 1.08. The Morgan fingerprint density at radius 2 is 1.84 bits per heavy atom. The summed E-state index contributed by atoms with van der Waals surface area (Å²) < 4.78 is 39.9. The van der Waals surface area contributed by atoms with Crippen molar-refractivity contribution >= 4 is 12.4 Å². The fourth-order valence-corrected chi connectivity index (χ4v) is 2.43. The van der Waals surface area contributed by atoms with E-state index in [2.05, 4.69) is 17.0 Å². The summed E-state index contributed by atoms with van der Waals surface area (Å²) in [6, 6.07) is 6.23. The smallest absolute Gasteiger partial charge is 0.406 e. The molecule has 0 aromatic heterocycles. The van der Waals surface area contributed by atoms with E-state index in [1.807, 2.05) is 0 Å². The highest BCUT2D eigenvalue weighted by Gasteiger charge is 2.31. The maximum absolute atomic E-state index is 12.0. The normalized spacial score (nSPS) is 23.6. The van der Waals surface area contributed by atoms with E-state index in [1.54, 1.807) is 12.1 Å². The molecule has 0 radical (unpaired) electrons. The third kappa shape index (κ3) is 4.58. The molecule has 1 aromatic rings. The van der Waals surface area contributed by atoms with E-state index in [9.17, 15) is 13.2 Å². The molecule has 1 N–H and O–H groups in total. The van der Waals surface area contributed by atoms with E-state index in [0.29, 0.717) is 11.8 Å². The number of halogens is 4. The van der Waals surface area contributed by atoms with Crippen LogP contribution in [0.1, 0.15) is 24.8 Å². The van der Waals surface area contributed by atoms with Gasteiger partial charge < -0.3 is 10.1 Å². The van der Waals surface area contributed by atoms with E-state index in [0.717, 1.165) is 25.1 Å². The molecule has 1 aromatic carbocycles. The van der Waals surface area contributed by atoms with Crippen molar-refractivity contribution in [3.8, 4) is 5.75 Å². The van der Waals surface area contributed by atoms with Crippen molar-refractivity contribution in [1.29, 1.82) is 0 Å². The SMILES string of the molecule is CC1CNCCC1c1ccc(OC(F)(F)F)cc1.Cl. The van der Waals surface area contributed by atoms with Gasteiger partial charge in [-0.25, -0.2) is 0 Å². The van der Waals surface area contributed by atoms with Crippen molar-refractivity contribution < 1.29 is 17.9 Å². The standard InChI is InChI=1S/C13H16F3NO.ClH/c1-9-8-17-7-6-12(9)10-2-4-11(5-3-10)18-13(14,15)16;/h2-5,9,12,17H,6-8H2,1H3;1H. The average Bonchev–Trinajstić information content (AvgIpc) is 2.29. The second-order valence-electron chi connectivity index (χ2n) is 4.69. The molecule has 2 unspecified atom stereocenters. The molecule has 19 heavy (non-hydrogen) atoms. The van der Waals surface area contributed by atoms with Gasteiger partial charge in [0.1, 0.15) is 5.75 Å². The maximum atomic E-state index is 12.0. The van der Waals surface area contributed by atoms with Gasteiger partial charge in [0.05, 0.1) is 0 Å². The van der Waals surface area contributed by atoms with Gasteiger partial charge in [-0.3, -0.25) is 0 Å². The average molecular weight is 296 g/mol. The highest BCUT2D eigenvalue weighted by Crippen LogP contribution is 2.31. The van der Waals surface area contributed by atoms with Crippen molar-refractivity contribution in [2.45, 2.75) is 25.6 Å². The van der Waals surface area contributed by atoms with E-state index < -0.39 is 6.36 Å². The van der Waals surface area contributed by atoms with Gasteiger partial charge in [-0.1, -0.05) is 19.1 Å². The van der Waals surface area contributed by atoms with Crippen LogP contribution in [0.2, 0.25) is 0 Å². The first kappa shape index (κ1) is 16.1. The molecule has 0 amide bonds. The summed E-state index contributed by atoms with van der Waals surface area (Å²) in [5.74, 6) is 0.743. The third-order valence-electron chi connectivity index (χ3n) is 3.33. The van der Waals surface area contributed by atoms with Gasteiger partial charge in [0, 0.05) is 0 Å². The van der Waals surface area contributed by atoms with Gasteiger partial charge in [-0.05, 0) is 49.0 Å². The zero-order chi connectivity index (χ0) is 13.2. The molecule has 0 aliphatic carbocycles. The first-order valence-electron chi connectivity index (χ1n) is 6.02. The Morgan fingerprint density at radius 1 is 1.21 bits per heavy atom. The molecule has 2 rings (SSSR count). The quantitative estimate of drug-likeness (QED) is 0.898. The fraction of sp³-hybridized carbons (Fsp3) is 0.538. The van der Waals surface area contributed by atoms with E-state index >= 15 is 0 Å². The van der Waals surface area contributed by atoms with Crippen LogP contribution in [0.3, 0.4) is 0 Å². The van der Waals surface area contributed by atoms with Crippen molar-refractivity contribution in [3.05, 3.63) is 29.8 Å². The number of hydrogen-bond donors (Lipinski definition) is 1. The second kappa shape index (κ2) is 6.48. The summed E-state index contributed by atoms with van der Waals surface area (Å²) in [6.45, 7) is 4.05. The summed E-state index contributed by atoms with van der Waals surface area (Å²) >= 11 is 0. The van der Waals surface area contributed by atoms with Gasteiger partial charge in [0.15, 0.2) is 0 Å². The maximum Gasteiger partial charge on any atom is 0.573 e. The van der Waals surface area contributed by atoms with Gasteiger partial charge in [0.25, 0.3) is 0 Å². The number of alkyl halides is 3. The zero-order valence-electron chi connectivity index (χ0n) is 10.5. The van der Waals surface area contributed by atoms with Crippen molar-refractivity contribution in [2.75, 3.05) is 13.1 Å². The molecule has 0 saturated carbocycles.